The highest BCUT2D eigenvalue weighted by atomic mass is 35.5. The molecule has 0 saturated carbocycles. The van der Waals surface area contributed by atoms with Crippen molar-refractivity contribution in [2.45, 2.75) is 0 Å². The molecule has 0 unspecified atom stereocenters. The van der Waals surface area contributed by atoms with Crippen LogP contribution in [0.4, 0.5) is 17.2 Å². The Kier molecular flexibility index (Phi) is 4.93. The lowest BCUT2D eigenvalue weighted by atomic mass is 10.2. The van der Waals surface area contributed by atoms with E-state index in [-0.39, 0.29) is 5.91 Å². The van der Waals surface area contributed by atoms with Gasteiger partial charge in [0.2, 0.25) is 0 Å². The van der Waals surface area contributed by atoms with E-state index in [1.54, 1.807) is 66.9 Å². The van der Waals surface area contributed by atoms with Crippen LogP contribution < -0.4 is 10.6 Å². The summed E-state index contributed by atoms with van der Waals surface area (Å²) in [6, 6.07) is 19.4. The van der Waals surface area contributed by atoms with E-state index in [0.717, 1.165) is 5.69 Å². The van der Waals surface area contributed by atoms with Crippen LogP contribution in [0.25, 0.3) is 0 Å². The fourth-order valence-electron chi connectivity index (χ4n) is 2.15. The molecular formula is C19H13ClN4O. The summed E-state index contributed by atoms with van der Waals surface area (Å²) in [5.74, 6) is 0.377. The third-order valence-corrected chi connectivity index (χ3v) is 3.63. The lowest BCUT2D eigenvalue weighted by Crippen LogP contribution is -2.12. The summed E-state index contributed by atoms with van der Waals surface area (Å²) in [6.45, 7) is 0. The summed E-state index contributed by atoms with van der Waals surface area (Å²) in [7, 11) is 0. The Morgan fingerprint density at radius 3 is 2.44 bits per heavy atom. The van der Waals surface area contributed by atoms with Gasteiger partial charge >= 0.3 is 0 Å². The van der Waals surface area contributed by atoms with E-state index in [9.17, 15) is 4.79 Å². The zero-order chi connectivity index (χ0) is 17.6. The van der Waals surface area contributed by atoms with Crippen LogP contribution in [0.5, 0.6) is 0 Å². The molecule has 6 heteroatoms. The number of pyridine rings is 1. The topological polar surface area (TPSA) is 77.8 Å². The Balaban J connectivity index is 1.65. The minimum Gasteiger partial charge on any atom is -0.340 e. The van der Waals surface area contributed by atoms with Gasteiger partial charge in [0.15, 0.2) is 0 Å². The maximum Gasteiger partial charge on any atom is 0.255 e. The Morgan fingerprint density at radius 2 is 1.80 bits per heavy atom. The van der Waals surface area contributed by atoms with E-state index >= 15 is 0 Å². The number of aromatic nitrogens is 1. The molecule has 5 nitrogen and oxygen atoms in total. The van der Waals surface area contributed by atoms with Crippen LogP contribution in [-0.4, -0.2) is 10.9 Å². The molecule has 2 N–H and O–H groups in total. The molecule has 0 aliphatic rings. The largest absolute Gasteiger partial charge is 0.340 e. The van der Waals surface area contributed by atoms with Crippen molar-refractivity contribution >= 4 is 34.7 Å². The highest BCUT2D eigenvalue weighted by Crippen LogP contribution is 2.18. The highest BCUT2D eigenvalue weighted by Gasteiger charge is 2.07. The number of amides is 1. The lowest BCUT2D eigenvalue weighted by molar-refractivity contribution is 0.102. The van der Waals surface area contributed by atoms with E-state index in [1.807, 2.05) is 0 Å². The van der Waals surface area contributed by atoms with Gasteiger partial charge in [0, 0.05) is 16.3 Å². The molecule has 1 aromatic heterocycles. The molecular weight excluding hydrogens is 336 g/mol. The number of carbonyl (C=O) groups is 1. The first-order valence-corrected chi connectivity index (χ1v) is 7.82. The highest BCUT2D eigenvalue weighted by molar-refractivity contribution is 6.31. The Labute approximate surface area is 149 Å². The van der Waals surface area contributed by atoms with Gasteiger partial charge in [-0.1, -0.05) is 17.7 Å². The lowest BCUT2D eigenvalue weighted by Gasteiger charge is -2.08. The molecule has 0 saturated heterocycles. The predicted molar refractivity (Wildman–Crippen MR) is 98.1 cm³/mol. The molecule has 122 valence electrons. The van der Waals surface area contributed by atoms with Crippen LogP contribution in [0.15, 0.2) is 66.9 Å². The molecule has 0 radical (unpaired) electrons. The van der Waals surface area contributed by atoms with E-state index in [0.29, 0.717) is 27.7 Å². The van der Waals surface area contributed by atoms with Crippen molar-refractivity contribution in [3.05, 3.63) is 83.0 Å². The molecule has 0 aliphatic heterocycles. The zero-order valence-electron chi connectivity index (χ0n) is 13.0. The number of nitrogens with one attached hydrogen (secondary N) is 2. The van der Waals surface area contributed by atoms with Gasteiger partial charge in [-0.25, -0.2) is 4.98 Å². The Hall–Kier alpha value is -3.36. The van der Waals surface area contributed by atoms with Gasteiger partial charge in [0.05, 0.1) is 23.5 Å². The summed E-state index contributed by atoms with van der Waals surface area (Å²) >= 11 is 5.89. The van der Waals surface area contributed by atoms with Gasteiger partial charge in [0.1, 0.15) is 5.82 Å². The predicted octanol–water partition coefficient (Wildman–Crippen LogP) is 4.60. The van der Waals surface area contributed by atoms with Crippen LogP contribution in [0, 0.1) is 11.3 Å². The van der Waals surface area contributed by atoms with Crippen LogP contribution in [0.2, 0.25) is 5.02 Å². The molecule has 3 aromatic rings. The third kappa shape index (κ3) is 4.34. The van der Waals surface area contributed by atoms with E-state index < -0.39 is 0 Å². The van der Waals surface area contributed by atoms with Crippen LogP contribution in [0.1, 0.15) is 15.9 Å². The number of hydrogen-bond donors (Lipinski definition) is 2. The van der Waals surface area contributed by atoms with Gasteiger partial charge in [-0.3, -0.25) is 4.79 Å². The van der Waals surface area contributed by atoms with Crippen molar-refractivity contribution in [1.29, 1.82) is 5.26 Å². The average molecular weight is 349 g/mol. The van der Waals surface area contributed by atoms with Crippen LogP contribution >= 0.6 is 11.6 Å². The summed E-state index contributed by atoms with van der Waals surface area (Å²) < 4.78 is 0. The maximum atomic E-state index is 12.2. The van der Waals surface area contributed by atoms with Crippen molar-refractivity contribution in [3.8, 4) is 6.07 Å². The number of carbonyl (C=O) groups excluding carboxylic acids is 1. The number of benzene rings is 2. The molecule has 0 spiro atoms. The van der Waals surface area contributed by atoms with Gasteiger partial charge in [-0.2, -0.15) is 5.26 Å². The van der Waals surface area contributed by atoms with Crippen molar-refractivity contribution in [2.75, 3.05) is 10.6 Å². The van der Waals surface area contributed by atoms with Gasteiger partial charge < -0.3 is 10.6 Å². The molecule has 1 amide bonds. The zero-order valence-corrected chi connectivity index (χ0v) is 13.8. The summed E-state index contributed by atoms with van der Waals surface area (Å²) in [5, 5.41) is 15.2. The number of anilines is 3. The maximum absolute atomic E-state index is 12.2. The first-order chi connectivity index (χ1) is 12.1. The van der Waals surface area contributed by atoms with Crippen molar-refractivity contribution < 1.29 is 4.79 Å². The van der Waals surface area contributed by atoms with Crippen molar-refractivity contribution in [3.63, 3.8) is 0 Å². The third-order valence-electron chi connectivity index (χ3n) is 3.39. The Bertz CT molecular complexity index is 931. The first-order valence-electron chi connectivity index (χ1n) is 7.44. The smallest absolute Gasteiger partial charge is 0.255 e. The molecule has 1 heterocycles. The summed E-state index contributed by atoms with van der Waals surface area (Å²) in [6.07, 6.45) is 1.56. The molecule has 25 heavy (non-hydrogen) atoms. The average Bonchev–Trinajstić information content (AvgIpc) is 2.64. The van der Waals surface area contributed by atoms with Crippen molar-refractivity contribution in [1.82, 2.24) is 4.98 Å². The van der Waals surface area contributed by atoms with Crippen LogP contribution in [-0.2, 0) is 0 Å². The Morgan fingerprint density at radius 1 is 1.04 bits per heavy atom. The second kappa shape index (κ2) is 7.47. The number of nitriles is 1. The SMILES string of the molecule is N#Cc1ccc(Nc2ccc(NC(=O)c3cccc(Cl)c3)cn2)cc1. The van der Waals surface area contributed by atoms with Gasteiger partial charge in [0.25, 0.3) is 5.91 Å². The monoisotopic (exact) mass is 348 g/mol. The normalized spacial score (nSPS) is 9.92. The van der Waals surface area contributed by atoms with Gasteiger partial charge in [-0.15, -0.1) is 0 Å². The molecule has 0 bridgehead atoms. The fourth-order valence-corrected chi connectivity index (χ4v) is 2.34. The van der Waals surface area contributed by atoms with Crippen molar-refractivity contribution in [2.24, 2.45) is 0 Å². The van der Waals surface area contributed by atoms with E-state index in [4.69, 9.17) is 16.9 Å². The summed E-state index contributed by atoms with van der Waals surface area (Å²) in [5.41, 5.74) is 2.47. The van der Waals surface area contributed by atoms with Gasteiger partial charge in [-0.05, 0) is 54.6 Å². The number of halogens is 1. The summed E-state index contributed by atoms with van der Waals surface area (Å²) in [4.78, 5) is 16.4. The molecule has 3 rings (SSSR count). The minimum absolute atomic E-state index is 0.253. The second-order valence-electron chi connectivity index (χ2n) is 5.21. The second-order valence-corrected chi connectivity index (χ2v) is 5.65. The van der Waals surface area contributed by atoms with E-state index in [1.165, 1.54) is 0 Å². The molecule has 0 atom stereocenters. The number of hydrogen-bond acceptors (Lipinski definition) is 4. The standard InChI is InChI=1S/C19H13ClN4O/c20-15-3-1-2-14(10-15)19(25)24-17-8-9-18(22-12-17)23-16-6-4-13(11-21)5-7-16/h1-10,12H,(H,22,23)(H,24,25). The fraction of sp³-hybridized carbons (Fsp3) is 0. The molecule has 2 aromatic carbocycles. The minimum atomic E-state index is -0.253. The number of rotatable bonds is 4. The van der Waals surface area contributed by atoms with Crippen LogP contribution in [0.3, 0.4) is 0 Å². The quantitative estimate of drug-likeness (QED) is 0.722. The number of nitrogens with zero attached hydrogens (tertiary/aromatic N) is 2. The molecule has 0 aliphatic carbocycles. The first kappa shape index (κ1) is 16.5. The van der Waals surface area contributed by atoms with E-state index in [2.05, 4.69) is 21.7 Å². The molecule has 0 fully saturated rings.